The van der Waals surface area contributed by atoms with Gasteiger partial charge in [-0.05, 0) is 54.9 Å². The van der Waals surface area contributed by atoms with Crippen molar-refractivity contribution >= 4 is 11.9 Å². The van der Waals surface area contributed by atoms with Crippen LogP contribution in [0.25, 0.3) is 0 Å². The van der Waals surface area contributed by atoms with Gasteiger partial charge in [0, 0.05) is 5.92 Å². The first-order chi connectivity index (χ1) is 13.8. The average molecular weight is 379 g/mol. The van der Waals surface area contributed by atoms with Crippen LogP contribution in [0, 0.1) is 17.7 Å². The molecule has 1 aliphatic carbocycles. The van der Waals surface area contributed by atoms with E-state index in [2.05, 4.69) is 41.4 Å². The maximum Gasteiger partial charge on any atom is 0.123 e. The van der Waals surface area contributed by atoms with Crippen LogP contribution in [0.4, 0.5) is 4.39 Å². The summed E-state index contributed by atoms with van der Waals surface area (Å²) >= 11 is 0. The molecule has 0 spiro atoms. The molecule has 148 valence electrons. The normalized spacial score (nSPS) is 20.6. The molecule has 28 heavy (non-hydrogen) atoms. The van der Waals surface area contributed by atoms with Gasteiger partial charge in [-0.25, -0.2) is 4.39 Å². The fourth-order valence-electron chi connectivity index (χ4n) is 4.10. The Morgan fingerprint density at radius 1 is 0.964 bits per heavy atom. The number of unbranched alkanes of at least 4 members (excludes halogenated alkanes) is 2. The van der Waals surface area contributed by atoms with Crippen LogP contribution < -0.4 is 0 Å². The SMILES string of the molecule is CCCCCC1CCC(C(=NN=Cc2ccc(F)cc2)c2ccccc2)CC1. The lowest BCUT2D eigenvalue weighted by molar-refractivity contribution is 0.299. The summed E-state index contributed by atoms with van der Waals surface area (Å²) in [5.41, 5.74) is 3.11. The third-order valence-corrected chi connectivity index (χ3v) is 5.76. The number of hydrogen-bond donors (Lipinski definition) is 0. The number of hydrogen-bond acceptors (Lipinski definition) is 2. The third-order valence-electron chi connectivity index (χ3n) is 5.76. The zero-order chi connectivity index (χ0) is 19.6. The molecule has 0 amide bonds. The van der Waals surface area contributed by atoms with Crippen LogP contribution in [0.1, 0.15) is 69.4 Å². The van der Waals surface area contributed by atoms with E-state index in [-0.39, 0.29) is 5.82 Å². The zero-order valence-electron chi connectivity index (χ0n) is 16.9. The van der Waals surface area contributed by atoms with E-state index in [4.69, 9.17) is 0 Å². The summed E-state index contributed by atoms with van der Waals surface area (Å²) in [6, 6.07) is 16.7. The van der Waals surface area contributed by atoms with E-state index in [0.717, 1.165) is 22.8 Å². The number of nitrogens with zero attached hydrogens (tertiary/aromatic N) is 2. The van der Waals surface area contributed by atoms with Crippen LogP contribution in [0.5, 0.6) is 0 Å². The summed E-state index contributed by atoms with van der Waals surface area (Å²) in [5, 5.41) is 8.97. The van der Waals surface area contributed by atoms with Gasteiger partial charge in [-0.2, -0.15) is 10.2 Å². The summed E-state index contributed by atoms with van der Waals surface area (Å²) in [4.78, 5) is 0. The molecule has 0 radical (unpaired) electrons. The maximum absolute atomic E-state index is 13.1. The molecule has 1 fully saturated rings. The molecule has 1 aliphatic rings. The molecule has 2 nitrogen and oxygen atoms in total. The van der Waals surface area contributed by atoms with Crippen molar-refractivity contribution in [3.8, 4) is 0 Å². The van der Waals surface area contributed by atoms with Gasteiger partial charge in [-0.3, -0.25) is 0 Å². The lowest BCUT2D eigenvalue weighted by atomic mass is 9.76. The van der Waals surface area contributed by atoms with Crippen molar-refractivity contribution in [2.45, 2.75) is 58.3 Å². The van der Waals surface area contributed by atoms with E-state index >= 15 is 0 Å². The number of rotatable bonds is 8. The molecular formula is C25H31FN2. The molecule has 0 aromatic heterocycles. The van der Waals surface area contributed by atoms with Crippen molar-refractivity contribution in [1.29, 1.82) is 0 Å². The van der Waals surface area contributed by atoms with E-state index in [1.165, 1.54) is 63.5 Å². The number of benzene rings is 2. The third kappa shape index (κ3) is 6.12. The van der Waals surface area contributed by atoms with E-state index in [0.29, 0.717) is 5.92 Å². The van der Waals surface area contributed by atoms with E-state index < -0.39 is 0 Å². The van der Waals surface area contributed by atoms with Gasteiger partial charge in [0.1, 0.15) is 5.82 Å². The minimum Gasteiger partial charge on any atom is -0.207 e. The second-order valence-electron chi connectivity index (χ2n) is 7.86. The highest BCUT2D eigenvalue weighted by Gasteiger charge is 2.25. The van der Waals surface area contributed by atoms with Gasteiger partial charge in [0.25, 0.3) is 0 Å². The van der Waals surface area contributed by atoms with Gasteiger partial charge in [0.05, 0.1) is 11.9 Å². The highest BCUT2D eigenvalue weighted by molar-refractivity contribution is 6.02. The second-order valence-corrected chi connectivity index (χ2v) is 7.86. The Kier molecular flexibility index (Phi) is 7.95. The average Bonchev–Trinajstić information content (AvgIpc) is 2.74. The predicted octanol–water partition coefficient (Wildman–Crippen LogP) is 7.04. The molecule has 2 aromatic carbocycles. The molecule has 0 saturated heterocycles. The van der Waals surface area contributed by atoms with Crippen LogP contribution >= 0.6 is 0 Å². The number of halogens is 1. The Balaban J connectivity index is 1.69. The molecule has 1 saturated carbocycles. The summed E-state index contributed by atoms with van der Waals surface area (Å²) in [6.07, 6.45) is 12.1. The largest absolute Gasteiger partial charge is 0.207 e. The van der Waals surface area contributed by atoms with Gasteiger partial charge in [0.2, 0.25) is 0 Å². The fraction of sp³-hybridized carbons (Fsp3) is 0.440. The van der Waals surface area contributed by atoms with Gasteiger partial charge < -0.3 is 0 Å². The summed E-state index contributed by atoms with van der Waals surface area (Å²) in [5.74, 6) is 1.11. The minimum absolute atomic E-state index is 0.235. The van der Waals surface area contributed by atoms with Crippen LogP contribution in [0.3, 0.4) is 0 Å². The van der Waals surface area contributed by atoms with Crippen LogP contribution in [-0.4, -0.2) is 11.9 Å². The first kappa shape index (κ1) is 20.4. The van der Waals surface area contributed by atoms with Gasteiger partial charge >= 0.3 is 0 Å². The topological polar surface area (TPSA) is 24.7 Å². The summed E-state index contributed by atoms with van der Waals surface area (Å²) in [6.45, 7) is 2.27. The Morgan fingerprint density at radius 3 is 2.36 bits per heavy atom. The van der Waals surface area contributed by atoms with Crippen LogP contribution in [0.2, 0.25) is 0 Å². The molecule has 3 rings (SSSR count). The van der Waals surface area contributed by atoms with Crippen molar-refractivity contribution in [3.05, 3.63) is 71.5 Å². The molecule has 0 aliphatic heterocycles. The van der Waals surface area contributed by atoms with E-state index in [1.54, 1.807) is 18.3 Å². The molecular weight excluding hydrogens is 347 g/mol. The van der Waals surface area contributed by atoms with Crippen molar-refractivity contribution < 1.29 is 4.39 Å². The van der Waals surface area contributed by atoms with Gasteiger partial charge in [-0.15, -0.1) is 0 Å². The van der Waals surface area contributed by atoms with E-state index in [9.17, 15) is 4.39 Å². The van der Waals surface area contributed by atoms with Crippen molar-refractivity contribution in [2.24, 2.45) is 22.0 Å². The first-order valence-corrected chi connectivity index (χ1v) is 10.7. The molecule has 0 N–H and O–H groups in total. The molecule has 0 bridgehead atoms. The molecule has 2 aromatic rings. The Labute approximate surface area is 168 Å². The Hall–Kier alpha value is -2.29. The lowest BCUT2D eigenvalue weighted by Gasteiger charge is -2.29. The van der Waals surface area contributed by atoms with Gasteiger partial charge in [-0.1, -0.05) is 75.1 Å². The highest BCUT2D eigenvalue weighted by Crippen LogP contribution is 2.34. The quantitative estimate of drug-likeness (QED) is 0.267. The zero-order valence-corrected chi connectivity index (χ0v) is 16.9. The van der Waals surface area contributed by atoms with Crippen molar-refractivity contribution in [1.82, 2.24) is 0 Å². The molecule has 0 atom stereocenters. The summed E-state index contributed by atoms with van der Waals surface area (Å²) in [7, 11) is 0. The minimum atomic E-state index is -0.235. The Morgan fingerprint density at radius 2 is 1.68 bits per heavy atom. The fourth-order valence-corrected chi connectivity index (χ4v) is 4.10. The second kappa shape index (κ2) is 10.9. The monoisotopic (exact) mass is 378 g/mol. The predicted molar refractivity (Wildman–Crippen MR) is 117 cm³/mol. The summed E-state index contributed by atoms with van der Waals surface area (Å²) < 4.78 is 13.1. The van der Waals surface area contributed by atoms with E-state index in [1.807, 2.05) is 6.07 Å². The highest BCUT2D eigenvalue weighted by atomic mass is 19.1. The van der Waals surface area contributed by atoms with Crippen molar-refractivity contribution in [2.75, 3.05) is 0 Å². The smallest absolute Gasteiger partial charge is 0.123 e. The molecule has 3 heteroatoms. The maximum atomic E-state index is 13.1. The van der Waals surface area contributed by atoms with Crippen LogP contribution in [0.15, 0.2) is 64.8 Å². The van der Waals surface area contributed by atoms with Crippen molar-refractivity contribution in [3.63, 3.8) is 0 Å². The van der Waals surface area contributed by atoms with Crippen LogP contribution in [-0.2, 0) is 0 Å². The Bertz CT molecular complexity index is 757. The lowest BCUT2D eigenvalue weighted by Crippen LogP contribution is -2.22. The standard InChI is InChI=1S/C25H31FN2/c1-2-3-5-8-20-11-15-23(16-12-20)25(22-9-6-4-7-10-22)28-27-19-21-13-17-24(26)18-14-21/h4,6-7,9-10,13-14,17-20,23H,2-3,5,8,11-12,15-16H2,1H3. The molecule has 0 heterocycles. The first-order valence-electron chi connectivity index (χ1n) is 10.7. The van der Waals surface area contributed by atoms with Gasteiger partial charge in [0.15, 0.2) is 0 Å². The molecule has 0 unspecified atom stereocenters.